The number of nitrogens with one attached hydrogen (secondary N) is 1. The highest BCUT2D eigenvalue weighted by Crippen LogP contribution is 2.27. The molecule has 0 aliphatic rings. The molecule has 208 valence electrons. The third-order valence-corrected chi connectivity index (χ3v) is 8.52. The smallest absolute Gasteiger partial charge is 0.264 e. The van der Waals surface area contributed by atoms with E-state index in [1.165, 1.54) is 35.2 Å². The Bertz CT molecular complexity index is 1380. The quantitative estimate of drug-likeness (QED) is 0.269. The van der Waals surface area contributed by atoms with Crippen LogP contribution in [0.1, 0.15) is 37.8 Å². The third-order valence-electron chi connectivity index (χ3n) is 6.25. The van der Waals surface area contributed by atoms with E-state index in [2.05, 4.69) is 5.32 Å². The van der Waals surface area contributed by atoms with Gasteiger partial charge >= 0.3 is 0 Å². The van der Waals surface area contributed by atoms with E-state index in [-0.39, 0.29) is 23.0 Å². The average molecular weight is 591 g/mol. The highest BCUT2D eigenvalue weighted by atomic mass is 35.5. The Morgan fingerprint density at radius 2 is 1.62 bits per heavy atom. The number of hydrogen-bond donors (Lipinski definition) is 1. The summed E-state index contributed by atoms with van der Waals surface area (Å²) < 4.78 is 28.6. The van der Waals surface area contributed by atoms with Crippen LogP contribution in [0.5, 0.6) is 0 Å². The molecule has 0 radical (unpaired) electrons. The van der Waals surface area contributed by atoms with Gasteiger partial charge in [-0.05, 0) is 68.3 Å². The van der Waals surface area contributed by atoms with Crippen molar-refractivity contribution in [2.24, 2.45) is 0 Å². The second-order valence-electron chi connectivity index (χ2n) is 9.27. The number of anilines is 1. The maximum Gasteiger partial charge on any atom is 0.264 e. The van der Waals surface area contributed by atoms with Gasteiger partial charge in [-0.25, -0.2) is 8.42 Å². The zero-order chi connectivity index (χ0) is 28.6. The molecule has 3 aromatic rings. The van der Waals surface area contributed by atoms with Crippen LogP contribution in [0.4, 0.5) is 5.69 Å². The molecule has 2 amide bonds. The van der Waals surface area contributed by atoms with Crippen LogP contribution in [-0.2, 0) is 26.2 Å². The first kappa shape index (κ1) is 30.5. The number of benzene rings is 3. The molecule has 0 fully saturated rings. The number of unbranched alkanes of at least 4 members (excludes halogenated alkanes) is 1. The fourth-order valence-electron chi connectivity index (χ4n) is 3.90. The van der Waals surface area contributed by atoms with E-state index >= 15 is 0 Å². The predicted octanol–water partition coefficient (Wildman–Crippen LogP) is 5.83. The first-order valence-corrected chi connectivity index (χ1v) is 14.9. The summed E-state index contributed by atoms with van der Waals surface area (Å²) in [4.78, 5) is 28.2. The number of halogens is 2. The summed E-state index contributed by atoms with van der Waals surface area (Å²) in [6.45, 7) is 5.71. The van der Waals surface area contributed by atoms with Gasteiger partial charge in [0.1, 0.15) is 12.6 Å². The molecule has 0 saturated carbocycles. The van der Waals surface area contributed by atoms with E-state index in [1.54, 1.807) is 25.1 Å². The number of rotatable bonds is 12. The maximum atomic E-state index is 13.9. The van der Waals surface area contributed by atoms with Crippen LogP contribution in [0, 0.1) is 6.92 Å². The second-order valence-corrected chi connectivity index (χ2v) is 12.0. The number of nitrogens with zero attached hydrogens (tertiary/aromatic N) is 2. The van der Waals surface area contributed by atoms with E-state index in [1.807, 2.05) is 38.1 Å². The molecule has 0 spiro atoms. The molecular formula is C29H33Cl2N3O4S. The van der Waals surface area contributed by atoms with E-state index in [4.69, 9.17) is 23.2 Å². The van der Waals surface area contributed by atoms with Crippen LogP contribution in [0.15, 0.2) is 77.7 Å². The minimum Gasteiger partial charge on any atom is -0.354 e. The first-order chi connectivity index (χ1) is 18.5. The Labute approximate surface area is 240 Å². The normalized spacial score (nSPS) is 12.0. The van der Waals surface area contributed by atoms with E-state index in [0.29, 0.717) is 16.6 Å². The van der Waals surface area contributed by atoms with Gasteiger partial charge in [0.2, 0.25) is 11.8 Å². The number of sulfonamides is 1. The summed E-state index contributed by atoms with van der Waals surface area (Å²) in [5.74, 6) is -0.843. The van der Waals surface area contributed by atoms with Crippen molar-refractivity contribution in [2.75, 3.05) is 17.4 Å². The molecule has 0 bridgehead atoms. The van der Waals surface area contributed by atoms with Crippen molar-refractivity contribution in [1.82, 2.24) is 10.2 Å². The SMILES string of the molecule is CCCCNC(=O)[C@H](C)N(Cc1ccc(C)cc1)C(=O)CN(c1cccc(Cl)c1)S(=O)(=O)c1ccc(Cl)cc1. The fourth-order valence-corrected chi connectivity index (χ4v) is 5.62. The molecule has 1 atom stereocenters. The maximum absolute atomic E-state index is 13.9. The molecule has 3 rings (SSSR count). The number of carbonyl (C=O) groups excluding carboxylic acids is 2. The van der Waals surface area contributed by atoms with E-state index in [9.17, 15) is 18.0 Å². The molecule has 0 unspecified atom stereocenters. The van der Waals surface area contributed by atoms with Crippen LogP contribution in [0.2, 0.25) is 10.0 Å². The number of hydrogen-bond acceptors (Lipinski definition) is 4. The van der Waals surface area contributed by atoms with Gasteiger partial charge in [-0.2, -0.15) is 0 Å². The Morgan fingerprint density at radius 1 is 0.949 bits per heavy atom. The summed E-state index contributed by atoms with van der Waals surface area (Å²) in [6, 6.07) is 18.8. The highest BCUT2D eigenvalue weighted by molar-refractivity contribution is 7.92. The molecule has 0 aliphatic heterocycles. The molecule has 10 heteroatoms. The van der Waals surface area contributed by atoms with Crippen molar-refractivity contribution in [3.8, 4) is 0 Å². The van der Waals surface area contributed by atoms with Gasteiger partial charge in [0.25, 0.3) is 10.0 Å². The molecule has 0 heterocycles. The lowest BCUT2D eigenvalue weighted by atomic mass is 10.1. The summed E-state index contributed by atoms with van der Waals surface area (Å²) in [6.07, 6.45) is 1.73. The minimum atomic E-state index is -4.19. The number of carbonyl (C=O) groups is 2. The van der Waals surface area contributed by atoms with Gasteiger partial charge in [0.15, 0.2) is 0 Å². The average Bonchev–Trinajstić information content (AvgIpc) is 2.91. The number of aryl methyl sites for hydroxylation is 1. The van der Waals surface area contributed by atoms with Gasteiger partial charge < -0.3 is 10.2 Å². The molecular weight excluding hydrogens is 557 g/mol. The Morgan fingerprint density at radius 3 is 2.23 bits per heavy atom. The van der Waals surface area contributed by atoms with Gasteiger partial charge in [-0.3, -0.25) is 13.9 Å². The molecule has 7 nitrogen and oxygen atoms in total. The zero-order valence-electron chi connectivity index (χ0n) is 22.2. The highest BCUT2D eigenvalue weighted by Gasteiger charge is 2.32. The van der Waals surface area contributed by atoms with Crippen molar-refractivity contribution in [3.63, 3.8) is 0 Å². The lowest BCUT2D eigenvalue weighted by Gasteiger charge is -2.32. The molecule has 0 aliphatic carbocycles. The van der Waals surface area contributed by atoms with Crippen molar-refractivity contribution >= 4 is 50.7 Å². The summed E-state index contributed by atoms with van der Waals surface area (Å²) in [5, 5.41) is 3.57. The molecule has 39 heavy (non-hydrogen) atoms. The van der Waals surface area contributed by atoms with Gasteiger partial charge in [-0.1, -0.05) is 72.4 Å². The number of amides is 2. The Balaban J connectivity index is 1.99. The van der Waals surface area contributed by atoms with E-state index < -0.39 is 28.5 Å². The van der Waals surface area contributed by atoms with Crippen LogP contribution in [0.3, 0.4) is 0 Å². The third kappa shape index (κ3) is 8.21. The topological polar surface area (TPSA) is 86.8 Å². The summed E-state index contributed by atoms with van der Waals surface area (Å²) in [7, 11) is -4.19. The molecule has 0 saturated heterocycles. The van der Waals surface area contributed by atoms with Crippen molar-refractivity contribution in [2.45, 2.75) is 51.1 Å². The lowest BCUT2D eigenvalue weighted by molar-refractivity contribution is -0.139. The van der Waals surface area contributed by atoms with Crippen LogP contribution < -0.4 is 9.62 Å². The first-order valence-electron chi connectivity index (χ1n) is 12.7. The Kier molecular flexibility index (Phi) is 10.8. The second kappa shape index (κ2) is 13.8. The van der Waals surface area contributed by atoms with E-state index in [0.717, 1.165) is 28.3 Å². The summed E-state index contributed by atoms with van der Waals surface area (Å²) >= 11 is 12.2. The Hall–Kier alpha value is -3.07. The molecule has 3 aromatic carbocycles. The van der Waals surface area contributed by atoms with Gasteiger partial charge in [0, 0.05) is 23.1 Å². The van der Waals surface area contributed by atoms with Crippen LogP contribution >= 0.6 is 23.2 Å². The van der Waals surface area contributed by atoms with Crippen LogP contribution in [-0.4, -0.2) is 44.3 Å². The molecule has 1 N–H and O–H groups in total. The van der Waals surface area contributed by atoms with Crippen LogP contribution in [0.25, 0.3) is 0 Å². The fraction of sp³-hybridized carbons (Fsp3) is 0.310. The lowest BCUT2D eigenvalue weighted by Crippen LogP contribution is -2.51. The van der Waals surface area contributed by atoms with Gasteiger partial charge in [0.05, 0.1) is 10.6 Å². The standard InChI is InChI=1S/C29H33Cl2N3O4S/c1-4-5-17-32-29(36)22(3)33(19-23-11-9-21(2)10-12-23)28(35)20-34(26-8-6-7-25(31)18-26)39(37,38)27-15-13-24(30)14-16-27/h6-16,18,22H,4-5,17,19-20H2,1-3H3,(H,32,36)/t22-/m0/s1. The van der Waals surface area contributed by atoms with Gasteiger partial charge in [-0.15, -0.1) is 0 Å². The molecule has 0 aromatic heterocycles. The largest absolute Gasteiger partial charge is 0.354 e. The minimum absolute atomic E-state index is 0.0323. The van der Waals surface area contributed by atoms with Crippen molar-refractivity contribution in [3.05, 3.63) is 94.0 Å². The van der Waals surface area contributed by atoms with Crippen molar-refractivity contribution < 1.29 is 18.0 Å². The van der Waals surface area contributed by atoms with Crippen molar-refractivity contribution in [1.29, 1.82) is 0 Å². The summed E-state index contributed by atoms with van der Waals surface area (Å²) in [5.41, 5.74) is 2.10. The zero-order valence-corrected chi connectivity index (χ0v) is 24.6. The predicted molar refractivity (Wildman–Crippen MR) is 157 cm³/mol. The monoisotopic (exact) mass is 589 g/mol.